The number of pyridine rings is 1. The number of hydrogen-bond donors (Lipinski definition) is 0. The summed E-state index contributed by atoms with van der Waals surface area (Å²) in [6, 6.07) is 12.3. The monoisotopic (exact) mass is 435 g/mol. The van der Waals surface area contributed by atoms with Crippen LogP contribution in [0.4, 0.5) is 0 Å². The van der Waals surface area contributed by atoms with Gasteiger partial charge in [-0.05, 0) is 29.2 Å². The Labute approximate surface area is 178 Å². The Hall–Kier alpha value is -2.26. The van der Waals surface area contributed by atoms with E-state index in [1.165, 1.54) is 5.56 Å². The van der Waals surface area contributed by atoms with Gasteiger partial charge in [0.2, 0.25) is 5.88 Å². The standard InChI is InChI=1S/C22H29NO6S/c1-3-19-4-6-20(7-5-19)8-9-21-10-11-22(23-18-21)28-16-14-26-12-13-27-15-17-29-30(2,24)25/h4-11,18H,3,12-17H2,1-2H3/b9-8+. The fourth-order valence-corrected chi connectivity index (χ4v) is 2.77. The van der Waals surface area contributed by atoms with Crippen LogP contribution in [-0.2, 0) is 30.2 Å². The molecule has 0 fully saturated rings. The van der Waals surface area contributed by atoms with Gasteiger partial charge in [-0.3, -0.25) is 4.18 Å². The van der Waals surface area contributed by atoms with Crippen molar-refractivity contribution < 1.29 is 26.8 Å². The highest BCUT2D eigenvalue weighted by Crippen LogP contribution is 2.12. The smallest absolute Gasteiger partial charge is 0.264 e. The molecule has 0 aliphatic heterocycles. The van der Waals surface area contributed by atoms with Crippen molar-refractivity contribution in [3.8, 4) is 5.88 Å². The summed E-state index contributed by atoms with van der Waals surface area (Å²) >= 11 is 0. The zero-order valence-electron chi connectivity index (χ0n) is 17.5. The molecule has 0 atom stereocenters. The van der Waals surface area contributed by atoms with E-state index in [9.17, 15) is 8.42 Å². The minimum absolute atomic E-state index is 0.00390. The highest BCUT2D eigenvalue weighted by Gasteiger charge is 2.00. The second-order valence-electron chi connectivity index (χ2n) is 6.46. The average molecular weight is 436 g/mol. The third kappa shape index (κ3) is 10.5. The van der Waals surface area contributed by atoms with E-state index in [1.54, 1.807) is 6.20 Å². The first kappa shape index (κ1) is 24.0. The Kier molecular flexibility index (Phi) is 10.5. The molecule has 1 aromatic carbocycles. The SMILES string of the molecule is CCc1ccc(/C=C/c2ccc(OCCOCCOCCOS(C)(=O)=O)nc2)cc1. The Bertz CT molecular complexity index is 864. The highest BCUT2D eigenvalue weighted by molar-refractivity contribution is 7.85. The van der Waals surface area contributed by atoms with Gasteiger partial charge in [-0.25, -0.2) is 4.98 Å². The quantitative estimate of drug-likeness (QED) is 0.333. The molecule has 0 spiro atoms. The zero-order chi connectivity index (χ0) is 21.7. The van der Waals surface area contributed by atoms with E-state index >= 15 is 0 Å². The molecule has 0 N–H and O–H groups in total. The molecule has 8 heteroatoms. The number of benzene rings is 1. The van der Waals surface area contributed by atoms with Crippen LogP contribution in [0, 0.1) is 0 Å². The topological polar surface area (TPSA) is 84.0 Å². The van der Waals surface area contributed by atoms with Crippen LogP contribution in [0.15, 0.2) is 42.6 Å². The number of aromatic nitrogens is 1. The molecule has 7 nitrogen and oxygen atoms in total. The lowest BCUT2D eigenvalue weighted by atomic mass is 10.1. The van der Waals surface area contributed by atoms with Crippen LogP contribution in [0.1, 0.15) is 23.6 Å². The molecule has 1 aromatic heterocycles. The molecule has 2 rings (SSSR count). The van der Waals surface area contributed by atoms with Crippen LogP contribution in [0.25, 0.3) is 12.2 Å². The van der Waals surface area contributed by atoms with Crippen LogP contribution in [0.3, 0.4) is 0 Å². The normalized spacial score (nSPS) is 11.8. The maximum Gasteiger partial charge on any atom is 0.264 e. The Balaban J connectivity index is 1.57. The lowest BCUT2D eigenvalue weighted by Gasteiger charge is -2.07. The van der Waals surface area contributed by atoms with Gasteiger partial charge in [0.25, 0.3) is 10.1 Å². The third-order valence-electron chi connectivity index (χ3n) is 3.99. The predicted octanol–water partition coefficient (Wildman–Crippen LogP) is 3.20. The minimum atomic E-state index is -3.41. The number of rotatable bonds is 14. The van der Waals surface area contributed by atoms with Crippen molar-refractivity contribution >= 4 is 22.3 Å². The molecular formula is C22H29NO6S. The van der Waals surface area contributed by atoms with Gasteiger partial charge in [0.15, 0.2) is 0 Å². The molecule has 0 unspecified atom stereocenters. The van der Waals surface area contributed by atoms with Crippen LogP contribution in [0.5, 0.6) is 5.88 Å². The second-order valence-corrected chi connectivity index (χ2v) is 8.10. The van der Waals surface area contributed by atoms with Crippen molar-refractivity contribution in [2.75, 3.05) is 45.9 Å². The lowest BCUT2D eigenvalue weighted by molar-refractivity contribution is 0.0276. The lowest BCUT2D eigenvalue weighted by Crippen LogP contribution is -2.14. The van der Waals surface area contributed by atoms with E-state index in [4.69, 9.17) is 14.2 Å². The molecule has 0 aliphatic rings. The maximum atomic E-state index is 10.8. The molecular weight excluding hydrogens is 406 g/mol. The minimum Gasteiger partial charge on any atom is -0.475 e. The van der Waals surface area contributed by atoms with Gasteiger partial charge in [0.1, 0.15) is 6.61 Å². The van der Waals surface area contributed by atoms with Crippen LogP contribution in [0.2, 0.25) is 0 Å². The van der Waals surface area contributed by atoms with Gasteiger partial charge in [0, 0.05) is 12.3 Å². The predicted molar refractivity (Wildman–Crippen MR) is 117 cm³/mol. The number of nitrogens with zero attached hydrogens (tertiary/aromatic N) is 1. The van der Waals surface area contributed by atoms with Gasteiger partial charge in [0.05, 0.1) is 39.3 Å². The molecule has 30 heavy (non-hydrogen) atoms. The Morgan fingerprint density at radius 2 is 1.43 bits per heavy atom. The van der Waals surface area contributed by atoms with Crippen molar-refractivity contribution in [3.63, 3.8) is 0 Å². The maximum absolute atomic E-state index is 10.8. The first-order valence-corrected chi connectivity index (χ1v) is 11.6. The fourth-order valence-electron chi connectivity index (χ4n) is 2.40. The molecule has 0 amide bonds. The van der Waals surface area contributed by atoms with Gasteiger partial charge >= 0.3 is 0 Å². The summed E-state index contributed by atoms with van der Waals surface area (Å²) in [5.74, 6) is 0.539. The van der Waals surface area contributed by atoms with Gasteiger partial charge in [-0.15, -0.1) is 0 Å². The largest absolute Gasteiger partial charge is 0.475 e. The second kappa shape index (κ2) is 13.1. The summed E-state index contributed by atoms with van der Waals surface area (Å²) in [6.07, 6.45) is 7.88. The number of ether oxygens (including phenoxy) is 3. The van der Waals surface area contributed by atoms with Gasteiger partial charge in [-0.2, -0.15) is 8.42 Å². The average Bonchev–Trinajstić information content (AvgIpc) is 2.74. The van der Waals surface area contributed by atoms with Crippen LogP contribution < -0.4 is 4.74 Å². The van der Waals surface area contributed by atoms with E-state index in [0.717, 1.165) is 23.8 Å². The molecule has 0 saturated heterocycles. The summed E-state index contributed by atoms with van der Waals surface area (Å²) in [4.78, 5) is 4.29. The van der Waals surface area contributed by atoms with E-state index < -0.39 is 10.1 Å². The Morgan fingerprint density at radius 3 is 2.03 bits per heavy atom. The third-order valence-corrected chi connectivity index (χ3v) is 4.58. The van der Waals surface area contributed by atoms with Gasteiger partial charge < -0.3 is 14.2 Å². The van der Waals surface area contributed by atoms with E-state index in [1.807, 2.05) is 18.2 Å². The molecule has 0 radical (unpaired) electrons. The number of aryl methyl sites for hydroxylation is 1. The van der Waals surface area contributed by atoms with Crippen molar-refractivity contribution in [2.45, 2.75) is 13.3 Å². The van der Waals surface area contributed by atoms with Crippen molar-refractivity contribution in [1.29, 1.82) is 0 Å². The first-order valence-electron chi connectivity index (χ1n) is 9.82. The summed E-state index contributed by atoms with van der Waals surface area (Å²) in [6.45, 7) is 3.87. The van der Waals surface area contributed by atoms with Crippen molar-refractivity contribution in [3.05, 3.63) is 59.3 Å². The molecule has 2 aromatic rings. The molecule has 0 saturated carbocycles. The molecule has 1 heterocycles. The summed E-state index contributed by atoms with van der Waals surface area (Å²) in [5.41, 5.74) is 3.47. The summed E-state index contributed by atoms with van der Waals surface area (Å²) in [7, 11) is -3.41. The van der Waals surface area contributed by atoms with E-state index in [-0.39, 0.29) is 13.2 Å². The van der Waals surface area contributed by atoms with Crippen molar-refractivity contribution in [2.24, 2.45) is 0 Å². The summed E-state index contributed by atoms with van der Waals surface area (Å²) < 4.78 is 42.2. The van der Waals surface area contributed by atoms with E-state index in [0.29, 0.717) is 32.3 Å². The van der Waals surface area contributed by atoms with Gasteiger partial charge in [-0.1, -0.05) is 43.3 Å². The fraction of sp³-hybridized carbons (Fsp3) is 0.409. The first-order chi connectivity index (χ1) is 14.5. The van der Waals surface area contributed by atoms with E-state index in [2.05, 4.69) is 46.4 Å². The Morgan fingerprint density at radius 1 is 0.833 bits per heavy atom. The van der Waals surface area contributed by atoms with Crippen LogP contribution >= 0.6 is 0 Å². The highest BCUT2D eigenvalue weighted by atomic mass is 32.2. The van der Waals surface area contributed by atoms with Crippen molar-refractivity contribution in [1.82, 2.24) is 4.98 Å². The molecule has 0 bridgehead atoms. The summed E-state index contributed by atoms with van der Waals surface area (Å²) in [5, 5.41) is 0. The molecule has 0 aliphatic carbocycles. The number of hydrogen-bond acceptors (Lipinski definition) is 7. The zero-order valence-corrected chi connectivity index (χ0v) is 18.3. The van der Waals surface area contributed by atoms with Crippen LogP contribution in [-0.4, -0.2) is 59.3 Å². The molecule has 164 valence electrons.